The minimum Gasteiger partial charge on any atom is -0.397 e. The number of nitrogens with two attached hydrogens (primary N) is 1. The van der Waals surface area contributed by atoms with Gasteiger partial charge < -0.3 is 10.3 Å². The first-order chi connectivity index (χ1) is 7.58. The number of aromatic nitrogens is 3. The number of hydrogen-bond donors (Lipinski definition) is 1. The predicted octanol–water partition coefficient (Wildman–Crippen LogP) is 0.479. The third-order valence-electron chi connectivity index (χ3n) is 2.44. The van der Waals surface area contributed by atoms with Crippen LogP contribution in [0.5, 0.6) is 0 Å². The molecular weight excluding hydrogens is 208 g/mol. The lowest BCUT2D eigenvalue weighted by Gasteiger charge is -2.06. The molecule has 0 saturated heterocycles. The first-order valence-corrected chi connectivity index (χ1v) is 4.82. The lowest BCUT2D eigenvalue weighted by Crippen LogP contribution is -2.21. The van der Waals surface area contributed by atoms with Gasteiger partial charge in [-0.25, -0.2) is 4.63 Å². The maximum absolute atomic E-state index is 11.7. The molecule has 2 aromatic rings. The maximum Gasteiger partial charge on any atom is 0.251 e. The van der Waals surface area contributed by atoms with Crippen molar-refractivity contribution in [2.45, 2.75) is 20.4 Å². The van der Waals surface area contributed by atoms with Gasteiger partial charge in [-0.2, -0.15) is 0 Å². The lowest BCUT2D eigenvalue weighted by molar-refractivity contribution is 0.300. The zero-order chi connectivity index (χ0) is 11.7. The Morgan fingerprint density at radius 3 is 2.81 bits per heavy atom. The van der Waals surface area contributed by atoms with Crippen molar-refractivity contribution in [1.29, 1.82) is 0 Å². The van der Waals surface area contributed by atoms with E-state index in [0.717, 1.165) is 5.56 Å². The van der Waals surface area contributed by atoms with E-state index in [9.17, 15) is 4.79 Å². The van der Waals surface area contributed by atoms with Crippen LogP contribution in [-0.2, 0) is 6.54 Å². The van der Waals surface area contributed by atoms with Gasteiger partial charge in [-0.05, 0) is 19.4 Å². The van der Waals surface area contributed by atoms with Gasteiger partial charge in [-0.1, -0.05) is 10.3 Å². The average molecular weight is 220 g/mol. The molecule has 2 heterocycles. The Morgan fingerprint density at radius 2 is 2.19 bits per heavy atom. The fraction of sp³-hybridized carbons (Fsp3) is 0.300. The van der Waals surface area contributed by atoms with Crippen LogP contribution in [-0.4, -0.2) is 14.9 Å². The molecule has 0 aliphatic rings. The molecule has 2 N–H and O–H groups in total. The van der Waals surface area contributed by atoms with Crippen molar-refractivity contribution < 1.29 is 4.63 Å². The van der Waals surface area contributed by atoms with E-state index in [0.29, 0.717) is 23.6 Å². The van der Waals surface area contributed by atoms with Gasteiger partial charge in [0.05, 0.1) is 12.2 Å². The summed E-state index contributed by atoms with van der Waals surface area (Å²) in [4.78, 5) is 11.7. The summed E-state index contributed by atoms with van der Waals surface area (Å²) in [5, 5.41) is 7.37. The molecule has 0 fully saturated rings. The maximum atomic E-state index is 11.7. The average Bonchev–Trinajstić information content (AvgIpc) is 2.61. The molecule has 6 nitrogen and oxygen atoms in total. The molecule has 0 spiro atoms. The highest BCUT2D eigenvalue weighted by Crippen LogP contribution is 2.08. The summed E-state index contributed by atoms with van der Waals surface area (Å²) in [6.45, 7) is 3.89. The van der Waals surface area contributed by atoms with E-state index < -0.39 is 0 Å². The molecule has 0 aliphatic carbocycles. The molecule has 2 aromatic heterocycles. The number of pyridine rings is 1. The van der Waals surface area contributed by atoms with Crippen molar-refractivity contribution >= 4 is 5.69 Å². The SMILES string of the molecule is Cc1cc(=O)n(Cc2nonc2C)cc1N. The molecule has 0 unspecified atom stereocenters. The lowest BCUT2D eigenvalue weighted by atomic mass is 10.2. The molecule has 6 heteroatoms. The van der Waals surface area contributed by atoms with Crippen LogP contribution in [0.25, 0.3) is 0 Å². The van der Waals surface area contributed by atoms with Gasteiger partial charge in [0.25, 0.3) is 5.56 Å². The normalized spacial score (nSPS) is 10.6. The molecule has 0 atom stereocenters. The van der Waals surface area contributed by atoms with E-state index >= 15 is 0 Å². The number of nitrogens with zero attached hydrogens (tertiary/aromatic N) is 3. The molecule has 0 aromatic carbocycles. The van der Waals surface area contributed by atoms with Gasteiger partial charge in [0.15, 0.2) is 0 Å². The summed E-state index contributed by atoms with van der Waals surface area (Å²) in [6, 6.07) is 1.50. The van der Waals surface area contributed by atoms with Gasteiger partial charge in [-0.3, -0.25) is 4.79 Å². The van der Waals surface area contributed by atoms with E-state index in [1.165, 1.54) is 10.6 Å². The molecule has 0 radical (unpaired) electrons. The molecule has 0 saturated carbocycles. The Labute approximate surface area is 91.7 Å². The second-order valence-electron chi connectivity index (χ2n) is 3.67. The van der Waals surface area contributed by atoms with E-state index in [2.05, 4.69) is 14.9 Å². The minimum atomic E-state index is -0.117. The van der Waals surface area contributed by atoms with Gasteiger partial charge in [0.1, 0.15) is 11.4 Å². The van der Waals surface area contributed by atoms with Gasteiger partial charge in [0, 0.05) is 12.3 Å². The summed E-state index contributed by atoms with van der Waals surface area (Å²) in [5.74, 6) is 0. The number of rotatable bonds is 2. The van der Waals surface area contributed by atoms with Crippen LogP contribution in [0.2, 0.25) is 0 Å². The molecule has 0 aliphatic heterocycles. The minimum absolute atomic E-state index is 0.117. The highest BCUT2D eigenvalue weighted by atomic mass is 16.6. The molecule has 2 rings (SSSR count). The highest BCUT2D eigenvalue weighted by Gasteiger charge is 2.08. The van der Waals surface area contributed by atoms with Crippen LogP contribution in [0, 0.1) is 13.8 Å². The van der Waals surface area contributed by atoms with E-state index in [4.69, 9.17) is 5.73 Å². The first-order valence-electron chi connectivity index (χ1n) is 4.82. The Bertz CT molecular complexity index is 570. The fourth-order valence-electron chi connectivity index (χ4n) is 1.36. The standard InChI is InChI=1S/C10H12N4O2/c1-6-3-10(15)14(4-8(6)11)5-9-7(2)12-16-13-9/h3-4H,5,11H2,1-2H3. The summed E-state index contributed by atoms with van der Waals surface area (Å²) < 4.78 is 6.05. The Balaban J connectivity index is 2.39. The van der Waals surface area contributed by atoms with E-state index in [1.807, 2.05) is 0 Å². The highest BCUT2D eigenvalue weighted by molar-refractivity contribution is 5.43. The molecule has 16 heavy (non-hydrogen) atoms. The molecular formula is C10H12N4O2. The van der Waals surface area contributed by atoms with Crippen LogP contribution in [0.1, 0.15) is 17.0 Å². The van der Waals surface area contributed by atoms with Crippen molar-refractivity contribution in [2.24, 2.45) is 0 Å². The zero-order valence-corrected chi connectivity index (χ0v) is 9.10. The van der Waals surface area contributed by atoms with Gasteiger partial charge in [0.2, 0.25) is 0 Å². The van der Waals surface area contributed by atoms with Crippen LogP contribution in [0.15, 0.2) is 21.7 Å². The Hall–Kier alpha value is -2.11. The Kier molecular flexibility index (Phi) is 2.47. The van der Waals surface area contributed by atoms with Crippen molar-refractivity contribution in [2.75, 3.05) is 5.73 Å². The van der Waals surface area contributed by atoms with E-state index in [-0.39, 0.29) is 5.56 Å². The first kappa shape index (κ1) is 10.4. The van der Waals surface area contributed by atoms with Crippen molar-refractivity contribution in [1.82, 2.24) is 14.9 Å². The van der Waals surface area contributed by atoms with E-state index in [1.54, 1.807) is 20.0 Å². The summed E-state index contributed by atoms with van der Waals surface area (Å²) in [6.07, 6.45) is 1.60. The topological polar surface area (TPSA) is 86.9 Å². The van der Waals surface area contributed by atoms with Gasteiger partial charge in [-0.15, -0.1) is 0 Å². The van der Waals surface area contributed by atoms with Crippen LogP contribution in [0.3, 0.4) is 0 Å². The van der Waals surface area contributed by atoms with Crippen LogP contribution >= 0.6 is 0 Å². The van der Waals surface area contributed by atoms with Crippen LogP contribution in [0.4, 0.5) is 5.69 Å². The quantitative estimate of drug-likeness (QED) is 0.795. The largest absolute Gasteiger partial charge is 0.397 e. The summed E-state index contributed by atoms with van der Waals surface area (Å²) in [5.41, 5.74) is 8.27. The third kappa shape index (κ3) is 1.81. The second-order valence-corrected chi connectivity index (χ2v) is 3.67. The number of nitrogen functional groups attached to an aromatic ring is 1. The summed E-state index contributed by atoms with van der Waals surface area (Å²) in [7, 11) is 0. The molecule has 84 valence electrons. The van der Waals surface area contributed by atoms with Crippen LogP contribution < -0.4 is 11.3 Å². The second kappa shape index (κ2) is 3.80. The smallest absolute Gasteiger partial charge is 0.251 e. The Morgan fingerprint density at radius 1 is 1.44 bits per heavy atom. The number of hydrogen-bond acceptors (Lipinski definition) is 5. The van der Waals surface area contributed by atoms with Crippen molar-refractivity contribution in [3.63, 3.8) is 0 Å². The molecule has 0 bridgehead atoms. The summed E-state index contributed by atoms with van der Waals surface area (Å²) >= 11 is 0. The monoisotopic (exact) mass is 220 g/mol. The van der Waals surface area contributed by atoms with Crippen molar-refractivity contribution in [3.05, 3.63) is 39.6 Å². The van der Waals surface area contributed by atoms with Gasteiger partial charge >= 0.3 is 0 Å². The number of anilines is 1. The fourth-order valence-corrected chi connectivity index (χ4v) is 1.36. The number of aryl methyl sites for hydroxylation is 2. The van der Waals surface area contributed by atoms with Crippen molar-refractivity contribution in [3.8, 4) is 0 Å². The predicted molar refractivity (Wildman–Crippen MR) is 58.0 cm³/mol. The third-order valence-corrected chi connectivity index (χ3v) is 2.44. The molecule has 0 amide bonds. The zero-order valence-electron chi connectivity index (χ0n) is 9.10.